The second-order valence-electron chi connectivity index (χ2n) is 13.1. The molecule has 206 valence electrons. The molecule has 3 aromatic rings. The van der Waals surface area contributed by atoms with Gasteiger partial charge in [-0.1, -0.05) is 105 Å². The van der Waals surface area contributed by atoms with Crippen LogP contribution < -0.4 is 10.6 Å². The molecule has 0 unspecified atom stereocenters. The van der Waals surface area contributed by atoms with E-state index in [1.165, 1.54) is 72.8 Å². The molecule has 38 heavy (non-hydrogen) atoms. The lowest BCUT2D eigenvalue weighted by Gasteiger charge is -2.30. The monoisotopic (exact) mass is 512 g/mol. The van der Waals surface area contributed by atoms with Crippen LogP contribution in [0, 0.1) is 6.92 Å². The highest BCUT2D eigenvalue weighted by atomic mass is 14.9. The van der Waals surface area contributed by atoms with E-state index in [0.717, 1.165) is 23.6 Å². The fraction of sp³-hybridized carbons (Fsp3) is 0.500. The average Bonchev–Trinajstić information content (AvgIpc) is 2.86. The number of rotatable bonds is 12. The first-order valence-corrected chi connectivity index (χ1v) is 14.8. The normalized spacial score (nSPS) is 12.0. The summed E-state index contributed by atoms with van der Waals surface area (Å²) in [6, 6.07) is 22.4. The van der Waals surface area contributed by atoms with Crippen LogP contribution in [0.4, 0.5) is 17.1 Å². The van der Waals surface area contributed by atoms with Crippen molar-refractivity contribution in [3.05, 3.63) is 88.5 Å². The Bertz CT molecular complexity index is 1090. The Hall–Kier alpha value is -2.74. The molecule has 3 rings (SSSR count). The number of nitrogens with one attached hydrogen (secondary N) is 2. The Balaban J connectivity index is 1.56. The highest BCUT2D eigenvalue weighted by Crippen LogP contribution is 2.35. The van der Waals surface area contributed by atoms with Crippen LogP contribution in [0.1, 0.15) is 115 Å². The van der Waals surface area contributed by atoms with E-state index in [4.69, 9.17) is 0 Å². The van der Waals surface area contributed by atoms with E-state index < -0.39 is 0 Å². The number of aryl methyl sites for hydroxylation is 1. The molecule has 0 aromatic heterocycles. The van der Waals surface area contributed by atoms with Crippen molar-refractivity contribution in [2.45, 2.75) is 118 Å². The van der Waals surface area contributed by atoms with Crippen molar-refractivity contribution in [3.63, 3.8) is 0 Å². The summed E-state index contributed by atoms with van der Waals surface area (Å²) < 4.78 is 0. The third kappa shape index (κ3) is 8.93. The van der Waals surface area contributed by atoms with Gasteiger partial charge in [-0.3, -0.25) is 0 Å². The van der Waals surface area contributed by atoms with Gasteiger partial charge in [-0.2, -0.15) is 0 Å². The van der Waals surface area contributed by atoms with Gasteiger partial charge in [-0.25, -0.2) is 0 Å². The molecule has 0 fully saturated rings. The molecule has 0 aliphatic heterocycles. The Morgan fingerprint density at radius 3 is 1.58 bits per heavy atom. The van der Waals surface area contributed by atoms with Crippen molar-refractivity contribution in [2.24, 2.45) is 0 Å². The van der Waals surface area contributed by atoms with Crippen LogP contribution in [-0.4, -0.2) is 0 Å². The lowest BCUT2D eigenvalue weighted by Crippen LogP contribution is -2.20. The Morgan fingerprint density at radius 2 is 1.05 bits per heavy atom. The Kier molecular flexibility index (Phi) is 10.5. The van der Waals surface area contributed by atoms with Gasteiger partial charge >= 0.3 is 0 Å². The third-order valence-corrected chi connectivity index (χ3v) is 7.53. The third-order valence-electron chi connectivity index (χ3n) is 7.53. The summed E-state index contributed by atoms with van der Waals surface area (Å²) in [5.74, 6) is 0. The SMILES string of the molecule is CCCCCCCCc1ccc(Nc2ccc(NCc3cc(C(C)(C)C)c(C)c(C(C)(C)C)c3)cc2)cc1. The molecule has 0 aliphatic rings. The summed E-state index contributed by atoms with van der Waals surface area (Å²) >= 11 is 0. The summed E-state index contributed by atoms with van der Waals surface area (Å²) in [6.45, 7) is 19.3. The minimum absolute atomic E-state index is 0.125. The van der Waals surface area contributed by atoms with Crippen LogP contribution in [0.25, 0.3) is 0 Å². The van der Waals surface area contributed by atoms with E-state index in [1.54, 1.807) is 0 Å². The van der Waals surface area contributed by atoms with Crippen LogP contribution in [0.5, 0.6) is 0 Å². The fourth-order valence-corrected chi connectivity index (χ4v) is 5.34. The van der Waals surface area contributed by atoms with Gasteiger partial charge in [0.05, 0.1) is 0 Å². The highest BCUT2D eigenvalue weighted by Gasteiger charge is 2.24. The molecule has 2 heteroatoms. The molecular formula is C36H52N2. The maximum absolute atomic E-state index is 3.64. The predicted molar refractivity (Wildman–Crippen MR) is 169 cm³/mol. The minimum atomic E-state index is 0.125. The van der Waals surface area contributed by atoms with E-state index in [1.807, 2.05) is 0 Å². The van der Waals surface area contributed by atoms with Gasteiger partial charge in [-0.15, -0.1) is 0 Å². The standard InChI is InChI=1S/C36H52N2/c1-9-10-11-12-13-14-15-28-16-18-31(19-17-28)38-32-22-20-30(21-23-32)37-26-29-24-33(35(3,4)5)27(2)34(25-29)36(6,7)8/h16-25,37-38H,9-15,26H2,1-8H3. The number of unbranched alkanes of at least 4 members (excludes halogenated alkanes) is 5. The zero-order valence-corrected chi connectivity index (χ0v) is 25.4. The van der Waals surface area contributed by atoms with Crippen molar-refractivity contribution < 1.29 is 0 Å². The van der Waals surface area contributed by atoms with Crippen molar-refractivity contribution >= 4 is 17.1 Å². The number of benzene rings is 3. The van der Waals surface area contributed by atoms with Crippen LogP contribution in [0.15, 0.2) is 60.7 Å². The lowest BCUT2D eigenvalue weighted by atomic mass is 9.76. The molecule has 0 saturated carbocycles. The van der Waals surface area contributed by atoms with E-state index in [9.17, 15) is 0 Å². The van der Waals surface area contributed by atoms with Crippen molar-refractivity contribution in [1.82, 2.24) is 0 Å². The van der Waals surface area contributed by atoms with E-state index >= 15 is 0 Å². The first-order valence-electron chi connectivity index (χ1n) is 14.8. The molecule has 2 N–H and O–H groups in total. The van der Waals surface area contributed by atoms with Crippen LogP contribution in [0.2, 0.25) is 0 Å². The molecular weight excluding hydrogens is 460 g/mol. The Labute approximate surface area is 233 Å². The molecule has 0 amide bonds. The first-order chi connectivity index (χ1) is 18.0. The number of hydrogen-bond acceptors (Lipinski definition) is 2. The zero-order valence-electron chi connectivity index (χ0n) is 25.4. The van der Waals surface area contributed by atoms with Crippen molar-refractivity contribution in [2.75, 3.05) is 10.6 Å². The van der Waals surface area contributed by atoms with Crippen LogP contribution in [-0.2, 0) is 23.8 Å². The average molecular weight is 513 g/mol. The maximum Gasteiger partial charge on any atom is 0.0400 e. The van der Waals surface area contributed by atoms with Crippen LogP contribution >= 0.6 is 0 Å². The van der Waals surface area contributed by atoms with Crippen molar-refractivity contribution in [1.29, 1.82) is 0 Å². The second-order valence-corrected chi connectivity index (χ2v) is 13.1. The van der Waals surface area contributed by atoms with E-state index in [0.29, 0.717) is 0 Å². The van der Waals surface area contributed by atoms with Gasteiger partial charge in [0.2, 0.25) is 0 Å². The Morgan fingerprint density at radius 1 is 0.579 bits per heavy atom. The van der Waals surface area contributed by atoms with Crippen molar-refractivity contribution in [3.8, 4) is 0 Å². The molecule has 0 spiro atoms. The second kappa shape index (κ2) is 13.4. The van der Waals surface area contributed by atoms with Gasteiger partial charge in [-0.05, 0) is 94.8 Å². The fourth-order valence-electron chi connectivity index (χ4n) is 5.34. The van der Waals surface area contributed by atoms with Gasteiger partial charge in [0.15, 0.2) is 0 Å². The molecule has 2 nitrogen and oxygen atoms in total. The summed E-state index contributed by atoms with van der Waals surface area (Å²) in [7, 11) is 0. The summed E-state index contributed by atoms with van der Waals surface area (Å²) in [5, 5.41) is 7.19. The first kappa shape index (κ1) is 29.8. The summed E-state index contributed by atoms with van der Waals surface area (Å²) in [4.78, 5) is 0. The smallest absolute Gasteiger partial charge is 0.0400 e. The van der Waals surface area contributed by atoms with Gasteiger partial charge in [0.25, 0.3) is 0 Å². The number of hydrogen-bond donors (Lipinski definition) is 2. The highest BCUT2D eigenvalue weighted by molar-refractivity contribution is 5.62. The molecule has 0 atom stereocenters. The zero-order chi connectivity index (χ0) is 27.8. The predicted octanol–water partition coefficient (Wildman–Crippen LogP) is 10.8. The van der Waals surface area contributed by atoms with E-state index in [2.05, 4.69) is 127 Å². The molecule has 0 aliphatic carbocycles. The molecule has 0 heterocycles. The largest absolute Gasteiger partial charge is 0.381 e. The number of anilines is 3. The van der Waals surface area contributed by atoms with E-state index in [-0.39, 0.29) is 10.8 Å². The quantitative estimate of drug-likeness (QED) is 0.236. The molecule has 3 aromatic carbocycles. The topological polar surface area (TPSA) is 24.1 Å². The lowest BCUT2D eigenvalue weighted by molar-refractivity contribution is 0.559. The van der Waals surface area contributed by atoms with Gasteiger partial charge < -0.3 is 10.6 Å². The van der Waals surface area contributed by atoms with Crippen LogP contribution in [0.3, 0.4) is 0 Å². The summed E-state index contributed by atoms with van der Waals surface area (Å²) in [6.07, 6.45) is 9.28. The minimum Gasteiger partial charge on any atom is -0.381 e. The van der Waals surface area contributed by atoms with Gasteiger partial charge in [0, 0.05) is 23.6 Å². The molecule has 0 bridgehead atoms. The molecule has 0 radical (unpaired) electrons. The molecule has 0 saturated heterocycles. The van der Waals surface area contributed by atoms with Gasteiger partial charge in [0.1, 0.15) is 0 Å². The summed E-state index contributed by atoms with van der Waals surface area (Å²) in [5.41, 5.74) is 10.7. The maximum atomic E-state index is 3.64.